The maximum atomic E-state index is 10.6. The van der Waals surface area contributed by atoms with Gasteiger partial charge >= 0.3 is 58.7 Å². The molecule has 0 unspecified atom stereocenters. The van der Waals surface area contributed by atoms with E-state index in [0.717, 1.165) is 0 Å². The van der Waals surface area contributed by atoms with Gasteiger partial charge in [0.25, 0.3) is 0 Å². The summed E-state index contributed by atoms with van der Waals surface area (Å²) in [4.78, 5) is 63.2. The van der Waals surface area contributed by atoms with Crippen molar-refractivity contribution in [3.63, 3.8) is 0 Å². The van der Waals surface area contributed by atoms with Crippen molar-refractivity contribution in [2.75, 3.05) is 0 Å². The van der Waals surface area contributed by atoms with Gasteiger partial charge in [-0.25, -0.2) is 0 Å². The number of para-hydroxylation sites is 3. The fourth-order valence-corrected chi connectivity index (χ4v) is 2.64. The molecule has 0 aliphatic carbocycles. The first-order valence-electron chi connectivity index (χ1n) is 10.8. The van der Waals surface area contributed by atoms with Crippen molar-refractivity contribution in [3.05, 3.63) is 89.5 Å². The standard InChI is InChI=1S/3C9H8O4.Nd/c3*1-6(10)13-8-5-3-2-4-7(8)9(11)12;/h3*2-5H,1H3,(H,11,12);/q;;;+3/p-3. The summed E-state index contributed by atoms with van der Waals surface area (Å²) in [5.41, 5.74) is -0.381. The van der Waals surface area contributed by atoms with Gasteiger partial charge in [0.2, 0.25) is 0 Å². The van der Waals surface area contributed by atoms with Gasteiger partial charge in [-0.05, 0) is 36.4 Å². The Labute approximate surface area is 261 Å². The number of carboxylic acids is 3. The molecule has 0 bridgehead atoms. The van der Waals surface area contributed by atoms with Gasteiger partial charge in [-0.15, -0.1) is 0 Å². The zero-order chi connectivity index (χ0) is 29.5. The summed E-state index contributed by atoms with van der Waals surface area (Å²) in [7, 11) is 0. The number of aromatic carboxylic acids is 3. The Morgan fingerprint density at radius 1 is 0.450 bits per heavy atom. The number of ether oxygens (including phenoxy) is 3. The molecule has 0 N–H and O–H groups in total. The second-order valence-electron chi connectivity index (χ2n) is 7.13. The molecule has 205 valence electrons. The molecule has 0 aromatic heterocycles. The van der Waals surface area contributed by atoms with E-state index in [0.29, 0.717) is 0 Å². The van der Waals surface area contributed by atoms with E-state index >= 15 is 0 Å². The molecule has 0 saturated carbocycles. The summed E-state index contributed by atoms with van der Waals surface area (Å²) in [6.07, 6.45) is 0. The Bertz CT molecular complexity index is 1200. The van der Waals surface area contributed by atoms with E-state index in [2.05, 4.69) is 14.2 Å². The SMILES string of the molecule is CC(=O)Oc1ccccc1C(=O)[O-].CC(=O)Oc1ccccc1C(=O)[O-].CC(=O)Oc1ccccc1C(=O)[O-].[Nd+3]. The van der Waals surface area contributed by atoms with E-state index in [9.17, 15) is 44.1 Å². The van der Waals surface area contributed by atoms with Crippen LogP contribution in [-0.2, 0) is 14.4 Å². The second-order valence-corrected chi connectivity index (χ2v) is 7.13. The molecule has 3 aromatic rings. The molecule has 0 fully saturated rings. The van der Waals surface area contributed by atoms with Crippen LogP contribution in [0, 0.1) is 40.8 Å². The zero-order valence-corrected chi connectivity index (χ0v) is 24.5. The first-order valence-corrected chi connectivity index (χ1v) is 10.8. The number of carbonyl (C=O) groups excluding carboxylic acids is 6. The van der Waals surface area contributed by atoms with E-state index in [4.69, 9.17) is 0 Å². The maximum Gasteiger partial charge on any atom is 3.00 e. The number of carboxylic acid groups (broad SMARTS) is 3. The molecule has 0 heterocycles. The van der Waals surface area contributed by atoms with Gasteiger partial charge in [-0.1, -0.05) is 36.4 Å². The van der Waals surface area contributed by atoms with Gasteiger partial charge in [-0.3, -0.25) is 14.4 Å². The largest absolute Gasteiger partial charge is 3.00 e. The molecular weight excluding hydrogens is 661 g/mol. The normalized spacial score (nSPS) is 9.07. The predicted molar refractivity (Wildman–Crippen MR) is 126 cm³/mol. The second kappa shape index (κ2) is 18.2. The molecule has 0 aliphatic rings. The average molecular weight is 682 g/mol. The quantitative estimate of drug-likeness (QED) is 0.248. The molecule has 0 spiro atoms. The van der Waals surface area contributed by atoms with Crippen LogP contribution in [-0.4, -0.2) is 35.8 Å². The van der Waals surface area contributed by atoms with Crippen molar-refractivity contribution in [1.29, 1.82) is 0 Å². The molecule has 0 amide bonds. The summed E-state index contributed by atoms with van der Waals surface area (Å²) in [6, 6.07) is 17.4. The van der Waals surface area contributed by atoms with Crippen molar-refractivity contribution in [2.24, 2.45) is 0 Å². The van der Waals surface area contributed by atoms with Crippen LogP contribution < -0.4 is 29.5 Å². The van der Waals surface area contributed by atoms with E-state index in [-0.39, 0.29) is 74.8 Å². The molecule has 0 aliphatic heterocycles. The predicted octanol–water partition coefficient (Wildman–Crippen LogP) is -0.0738. The Morgan fingerprint density at radius 3 is 0.825 bits per heavy atom. The van der Waals surface area contributed by atoms with Crippen LogP contribution in [0.2, 0.25) is 0 Å². The summed E-state index contributed by atoms with van der Waals surface area (Å²) in [6.45, 7) is 3.60. The minimum Gasteiger partial charge on any atom is -0.545 e. The molecule has 13 heteroatoms. The smallest absolute Gasteiger partial charge is 0.545 e. The van der Waals surface area contributed by atoms with Crippen molar-refractivity contribution in [2.45, 2.75) is 20.8 Å². The summed E-state index contributed by atoms with van der Waals surface area (Å²) >= 11 is 0. The molecule has 3 aromatic carbocycles. The van der Waals surface area contributed by atoms with Crippen LogP contribution in [0.3, 0.4) is 0 Å². The van der Waals surface area contributed by atoms with Crippen LogP contribution >= 0.6 is 0 Å². The zero-order valence-electron chi connectivity index (χ0n) is 21.3. The Hall–Kier alpha value is -4.17. The Balaban J connectivity index is 0.000000563. The van der Waals surface area contributed by atoms with Gasteiger partial charge in [-0.2, -0.15) is 0 Å². The third-order valence-corrected chi connectivity index (χ3v) is 4.08. The van der Waals surface area contributed by atoms with Crippen molar-refractivity contribution in [3.8, 4) is 17.2 Å². The van der Waals surface area contributed by atoms with Crippen molar-refractivity contribution < 1.29 is 99.1 Å². The van der Waals surface area contributed by atoms with Crippen molar-refractivity contribution in [1.82, 2.24) is 0 Å². The number of benzene rings is 3. The van der Waals surface area contributed by atoms with Crippen molar-refractivity contribution >= 4 is 35.8 Å². The van der Waals surface area contributed by atoms with E-state index in [1.165, 1.54) is 75.4 Å². The minimum atomic E-state index is -1.36. The van der Waals surface area contributed by atoms with E-state index in [1.54, 1.807) is 18.2 Å². The summed E-state index contributed by atoms with van der Waals surface area (Å²) in [5.74, 6) is -5.75. The molecule has 0 saturated heterocycles. The third-order valence-electron chi connectivity index (χ3n) is 4.08. The fraction of sp³-hybridized carbons (Fsp3) is 0.111. The van der Waals surface area contributed by atoms with Crippen LogP contribution in [0.25, 0.3) is 0 Å². The van der Waals surface area contributed by atoms with Crippen LogP contribution in [0.15, 0.2) is 72.8 Å². The van der Waals surface area contributed by atoms with E-state index < -0.39 is 35.8 Å². The average Bonchev–Trinajstić information content (AvgIpc) is 2.84. The molecule has 3 rings (SSSR count). The number of hydrogen-bond acceptors (Lipinski definition) is 12. The summed E-state index contributed by atoms with van der Waals surface area (Å²) < 4.78 is 13.9. The number of rotatable bonds is 6. The Kier molecular flexibility index (Phi) is 16.3. The van der Waals surface area contributed by atoms with Crippen LogP contribution in [0.4, 0.5) is 0 Å². The van der Waals surface area contributed by atoms with E-state index in [1.807, 2.05) is 0 Å². The monoisotopic (exact) mass is 679 g/mol. The van der Waals surface area contributed by atoms with Gasteiger partial charge in [0.15, 0.2) is 0 Å². The van der Waals surface area contributed by atoms with Gasteiger partial charge < -0.3 is 43.9 Å². The molecule has 1 radical (unpaired) electrons. The topological polar surface area (TPSA) is 199 Å². The first-order chi connectivity index (χ1) is 18.3. The minimum absolute atomic E-state index is 0. The summed E-state index contributed by atoms with van der Waals surface area (Å²) in [5, 5.41) is 31.5. The number of carbonyl (C=O) groups is 6. The number of esters is 3. The van der Waals surface area contributed by atoms with Gasteiger partial charge in [0.05, 0.1) is 17.9 Å². The van der Waals surface area contributed by atoms with Crippen LogP contribution in [0.5, 0.6) is 17.2 Å². The Morgan fingerprint density at radius 2 is 0.650 bits per heavy atom. The first kappa shape index (κ1) is 35.8. The molecule has 12 nitrogen and oxygen atoms in total. The molecular formula is C27H21NdO12. The third kappa shape index (κ3) is 13.1. The van der Waals surface area contributed by atoms with Crippen LogP contribution in [0.1, 0.15) is 51.8 Å². The molecule has 0 atom stereocenters. The fourth-order valence-electron chi connectivity index (χ4n) is 2.64. The maximum absolute atomic E-state index is 10.6. The number of hydrogen-bond donors (Lipinski definition) is 0. The molecule has 40 heavy (non-hydrogen) atoms. The van der Waals surface area contributed by atoms with Gasteiger partial charge in [0.1, 0.15) is 17.2 Å². The van der Waals surface area contributed by atoms with Gasteiger partial charge in [0, 0.05) is 37.5 Å².